The summed E-state index contributed by atoms with van der Waals surface area (Å²) in [7, 11) is 0.497. The van der Waals surface area contributed by atoms with Crippen molar-refractivity contribution in [3.63, 3.8) is 0 Å². The maximum Gasteiger partial charge on any atom is 0.243 e. The van der Waals surface area contributed by atoms with Gasteiger partial charge in [0.25, 0.3) is 0 Å². The number of allylic oxidation sites excluding steroid dienone is 1. The highest BCUT2D eigenvalue weighted by molar-refractivity contribution is 7.89. The molecule has 5 aliphatic rings. The van der Waals surface area contributed by atoms with Gasteiger partial charge in [-0.15, -0.1) is 0 Å². The number of sulfonamides is 1. The standard InChI is InChI=1S/C30H41N3O2S/c1-20-26-11-12-28-25-10-7-22-17-23(33(4)36(34,35)24-8-5-21(18-31)6-9-24)13-15-29(22,2)27(25)14-16-30(26,28)19-32(20)3/h5-9,20,23,25-28H,10-17,19H2,1-4H3/t20-,23-,25+,26+,27-,28-,29-,30-/m0/s1. The topological polar surface area (TPSA) is 64.4 Å². The molecule has 0 aromatic heterocycles. The Labute approximate surface area is 217 Å². The third-order valence-electron chi connectivity index (χ3n) is 11.9. The molecule has 1 spiro atoms. The van der Waals surface area contributed by atoms with Crippen LogP contribution in [0.25, 0.3) is 0 Å². The summed E-state index contributed by atoms with van der Waals surface area (Å²) < 4.78 is 28.4. The lowest BCUT2D eigenvalue weighted by Gasteiger charge is -2.58. The van der Waals surface area contributed by atoms with E-state index in [1.54, 1.807) is 35.6 Å². The number of rotatable bonds is 3. The van der Waals surface area contributed by atoms with Gasteiger partial charge in [0, 0.05) is 25.7 Å². The number of likely N-dealkylation sites (tertiary alicyclic amines) is 1. The highest BCUT2D eigenvalue weighted by Crippen LogP contribution is 2.68. The predicted octanol–water partition coefficient (Wildman–Crippen LogP) is 5.44. The molecule has 5 nitrogen and oxygen atoms in total. The summed E-state index contributed by atoms with van der Waals surface area (Å²) in [5, 5.41) is 9.06. The molecule has 3 saturated carbocycles. The minimum Gasteiger partial charge on any atom is -0.303 e. The van der Waals surface area contributed by atoms with Gasteiger partial charge >= 0.3 is 0 Å². The summed E-state index contributed by atoms with van der Waals surface area (Å²) in [6.45, 7) is 6.26. The smallest absolute Gasteiger partial charge is 0.243 e. The maximum atomic E-state index is 13.4. The van der Waals surface area contributed by atoms with Crippen molar-refractivity contribution in [2.75, 3.05) is 20.6 Å². The fraction of sp³-hybridized carbons (Fsp3) is 0.700. The molecule has 6 heteroatoms. The number of fused-ring (bicyclic) bond motifs is 4. The zero-order valence-corrected chi connectivity index (χ0v) is 23.1. The van der Waals surface area contributed by atoms with Crippen molar-refractivity contribution in [2.45, 2.75) is 82.2 Å². The molecule has 1 aliphatic heterocycles. The monoisotopic (exact) mass is 507 g/mol. The van der Waals surface area contributed by atoms with E-state index in [0.29, 0.717) is 11.0 Å². The van der Waals surface area contributed by atoms with E-state index in [9.17, 15) is 8.42 Å². The fourth-order valence-corrected chi connectivity index (χ4v) is 11.2. The number of benzene rings is 1. The van der Waals surface area contributed by atoms with Gasteiger partial charge < -0.3 is 4.90 Å². The fourth-order valence-electron chi connectivity index (χ4n) is 9.82. The molecule has 4 aliphatic carbocycles. The SMILES string of the molecule is C[C@H]1[C@H]2CC[C@H]3[C@@H]4CC=C5C[C@@H](N(C)S(=O)(=O)c6ccc(C#N)cc6)CC[C@]5(C)[C@H]4CC[C@]23CN1C. The van der Waals surface area contributed by atoms with E-state index < -0.39 is 10.0 Å². The lowest BCUT2D eigenvalue weighted by molar-refractivity contribution is -0.0419. The second kappa shape index (κ2) is 8.41. The Morgan fingerprint density at radius 1 is 1.06 bits per heavy atom. The zero-order valence-electron chi connectivity index (χ0n) is 22.3. The molecular formula is C30H41N3O2S. The summed E-state index contributed by atoms with van der Waals surface area (Å²) in [6.07, 6.45) is 12.1. The molecule has 0 N–H and O–H groups in total. The van der Waals surface area contributed by atoms with Gasteiger partial charge in [0.15, 0.2) is 0 Å². The lowest BCUT2D eigenvalue weighted by atomic mass is 9.47. The number of nitrogens with zero attached hydrogens (tertiary/aromatic N) is 3. The van der Waals surface area contributed by atoms with Crippen LogP contribution >= 0.6 is 0 Å². The Hall–Kier alpha value is -1.68. The molecule has 1 heterocycles. The first-order valence-electron chi connectivity index (χ1n) is 14.0. The van der Waals surface area contributed by atoms with Crippen LogP contribution < -0.4 is 0 Å². The van der Waals surface area contributed by atoms with E-state index in [0.717, 1.165) is 49.0 Å². The van der Waals surface area contributed by atoms with E-state index >= 15 is 0 Å². The Morgan fingerprint density at radius 3 is 2.50 bits per heavy atom. The molecule has 1 aromatic rings. The van der Waals surface area contributed by atoms with E-state index in [1.165, 1.54) is 44.2 Å². The van der Waals surface area contributed by atoms with Crippen molar-refractivity contribution < 1.29 is 8.42 Å². The molecule has 36 heavy (non-hydrogen) atoms. The van der Waals surface area contributed by atoms with Crippen LogP contribution in [-0.4, -0.2) is 50.3 Å². The zero-order chi connectivity index (χ0) is 25.5. The summed E-state index contributed by atoms with van der Waals surface area (Å²) in [5.74, 6) is 3.28. The second-order valence-electron chi connectivity index (χ2n) is 12.9. The van der Waals surface area contributed by atoms with Crippen LogP contribution in [0.1, 0.15) is 70.8 Å². The van der Waals surface area contributed by atoms with Crippen molar-refractivity contribution in [3.8, 4) is 6.07 Å². The van der Waals surface area contributed by atoms with Crippen LogP contribution in [0.5, 0.6) is 0 Å². The van der Waals surface area contributed by atoms with Gasteiger partial charge in [-0.05, 0) is 124 Å². The summed E-state index contributed by atoms with van der Waals surface area (Å²) >= 11 is 0. The Balaban J connectivity index is 1.23. The van der Waals surface area contributed by atoms with Crippen LogP contribution in [0.3, 0.4) is 0 Å². The molecule has 1 saturated heterocycles. The average Bonchev–Trinajstić information content (AvgIpc) is 3.36. The molecule has 0 unspecified atom stereocenters. The van der Waals surface area contributed by atoms with Crippen molar-refractivity contribution in [3.05, 3.63) is 41.5 Å². The Bertz CT molecular complexity index is 1220. The Kier molecular flexibility index (Phi) is 5.76. The molecular weight excluding hydrogens is 466 g/mol. The van der Waals surface area contributed by atoms with E-state index in [-0.39, 0.29) is 16.4 Å². The second-order valence-corrected chi connectivity index (χ2v) is 14.9. The third kappa shape index (κ3) is 3.35. The predicted molar refractivity (Wildman–Crippen MR) is 142 cm³/mol. The van der Waals surface area contributed by atoms with E-state index in [2.05, 4.69) is 37.9 Å². The molecule has 4 fully saturated rings. The van der Waals surface area contributed by atoms with Crippen molar-refractivity contribution in [1.82, 2.24) is 9.21 Å². The van der Waals surface area contributed by atoms with Gasteiger partial charge in [-0.2, -0.15) is 9.57 Å². The number of hydrogen-bond acceptors (Lipinski definition) is 4. The Morgan fingerprint density at radius 2 is 1.78 bits per heavy atom. The van der Waals surface area contributed by atoms with Crippen LogP contribution in [0.15, 0.2) is 40.8 Å². The normalized spacial score (nSPS) is 42.2. The molecule has 6 rings (SSSR count). The van der Waals surface area contributed by atoms with Gasteiger partial charge in [0.2, 0.25) is 10.0 Å². The molecule has 194 valence electrons. The van der Waals surface area contributed by atoms with Crippen LogP contribution in [0, 0.1) is 45.8 Å². The van der Waals surface area contributed by atoms with Gasteiger partial charge in [-0.25, -0.2) is 8.42 Å². The first-order valence-corrected chi connectivity index (χ1v) is 15.4. The molecule has 0 amide bonds. The first kappa shape index (κ1) is 24.6. The maximum absolute atomic E-state index is 13.4. The van der Waals surface area contributed by atoms with E-state index in [1.807, 2.05) is 0 Å². The van der Waals surface area contributed by atoms with Gasteiger partial charge in [-0.1, -0.05) is 18.6 Å². The lowest BCUT2D eigenvalue weighted by Crippen LogP contribution is -2.53. The van der Waals surface area contributed by atoms with E-state index in [4.69, 9.17) is 5.26 Å². The minimum atomic E-state index is -3.59. The van der Waals surface area contributed by atoms with Crippen LogP contribution in [-0.2, 0) is 10.0 Å². The summed E-state index contributed by atoms with van der Waals surface area (Å²) in [6, 6.07) is 9.10. The van der Waals surface area contributed by atoms with Crippen molar-refractivity contribution in [2.24, 2.45) is 34.5 Å². The van der Waals surface area contributed by atoms with Crippen LogP contribution in [0.4, 0.5) is 0 Å². The molecule has 0 radical (unpaired) electrons. The molecule has 8 atom stereocenters. The van der Waals surface area contributed by atoms with Crippen molar-refractivity contribution in [1.29, 1.82) is 5.26 Å². The minimum absolute atomic E-state index is 0.00311. The summed E-state index contributed by atoms with van der Waals surface area (Å²) in [4.78, 5) is 2.91. The van der Waals surface area contributed by atoms with Gasteiger partial charge in [0.05, 0.1) is 16.5 Å². The highest BCUT2D eigenvalue weighted by Gasteiger charge is 2.64. The molecule has 0 bridgehead atoms. The average molecular weight is 508 g/mol. The highest BCUT2D eigenvalue weighted by atomic mass is 32.2. The first-order chi connectivity index (χ1) is 17.1. The van der Waals surface area contributed by atoms with Gasteiger partial charge in [-0.3, -0.25) is 0 Å². The third-order valence-corrected chi connectivity index (χ3v) is 13.8. The van der Waals surface area contributed by atoms with Crippen LogP contribution in [0.2, 0.25) is 0 Å². The number of nitriles is 1. The number of hydrogen-bond donors (Lipinski definition) is 0. The van der Waals surface area contributed by atoms with Crippen molar-refractivity contribution >= 4 is 10.0 Å². The quantitative estimate of drug-likeness (QED) is 0.511. The largest absolute Gasteiger partial charge is 0.303 e. The van der Waals surface area contributed by atoms with Gasteiger partial charge in [0.1, 0.15) is 0 Å². The summed E-state index contributed by atoms with van der Waals surface area (Å²) in [5.41, 5.74) is 2.76. The molecule has 1 aromatic carbocycles.